The quantitative estimate of drug-likeness (QED) is 0.489. The van der Waals surface area contributed by atoms with Crippen LogP contribution in [0.2, 0.25) is 0 Å². The molecule has 3 fully saturated rings. The number of primary amides is 1. The highest BCUT2D eigenvalue weighted by Gasteiger charge is 2.40. The van der Waals surface area contributed by atoms with Gasteiger partial charge in [-0.3, -0.25) is 19.3 Å². The summed E-state index contributed by atoms with van der Waals surface area (Å²) in [6.07, 6.45) is 4.65. The molecule has 3 aliphatic heterocycles. The Bertz CT molecular complexity index is 1060. The van der Waals surface area contributed by atoms with Crippen molar-refractivity contribution in [2.75, 3.05) is 51.2 Å². The van der Waals surface area contributed by atoms with Crippen molar-refractivity contribution in [1.29, 1.82) is 0 Å². The normalized spacial score (nSPS) is 25.8. The number of amides is 2. The van der Waals surface area contributed by atoms with Crippen molar-refractivity contribution < 1.29 is 28.6 Å². The second kappa shape index (κ2) is 11.2. The maximum Gasteiger partial charge on any atom is 0.303 e. The van der Waals surface area contributed by atoms with Gasteiger partial charge in [-0.2, -0.15) is 0 Å². The number of aliphatic carboxylic acids is 1. The monoisotopic (exact) mass is 531 g/mol. The van der Waals surface area contributed by atoms with Crippen molar-refractivity contribution in [3.05, 3.63) is 29.1 Å². The molecule has 1 aromatic rings. The van der Waals surface area contributed by atoms with Crippen LogP contribution in [-0.4, -0.2) is 108 Å². The highest BCUT2D eigenvalue weighted by atomic mass is 19.1. The molecule has 38 heavy (non-hydrogen) atoms. The van der Waals surface area contributed by atoms with E-state index in [4.69, 9.17) is 15.6 Å². The molecule has 1 unspecified atom stereocenters. The number of hydrogen-bond donors (Lipinski definition) is 2. The number of fused-ring (bicyclic) bond motifs is 1. The van der Waals surface area contributed by atoms with Crippen LogP contribution >= 0.6 is 0 Å². The van der Waals surface area contributed by atoms with Gasteiger partial charge in [0.1, 0.15) is 6.04 Å². The van der Waals surface area contributed by atoms with Crippen molar-refractivity contribution in [2.24, 2.45) is 5.73 Å². The zero-order valence-electron chi connectivity index (χ0n) is 22.0. The minimum atomic E-state index is -1.09. The minimum Gasteiger partial charge on any atom is -0.481 e. The molecule has 5 rings (SSSR count). The molecule has 0 aromatic heterocycles. The zero-order chi connectivity index (χ0) is 27.0. The Hall–Kier alpha value is -2.76. The number of ether oxygens (including phenoxy) is 1. The Morgan fingerprint density at radius 2 is 1.79 bits per heavy atom. The predicted octanol–water partition coefficient (Wildman–Crippen LogP) is 1.26. The number of likely N-dealkylation sites (tertiary alicyclic amines) is 1. The lowest BCUT2D eigenvalue weighted by Crippen LogP contribution is -2.56. The molecule has 2 saturated heterocycles. The number of carboxylic acid groups (broad SMARTS) is 1. The van der Waals surface area contributed by atoms with Gasteiger partial charge in [-0.25, -0.2) is 4.39 Å². The zero-order valence-corrected chi connectivity index (χ0v) is 22.0. The lowest BCUT2D eigenvalue weighted by molar-refractivity contribution is -0.137. The number of benzene rings is 1. The smallest absolute Gasteiger partial charge is 0.303 e. The SMILES string of the molecule is CN1CCC(OC2CC(N3CCN(c4ccc5c(c4F)CN(C(CCC(=O)O)C(N)=O)C5=O)CC3)C2)CC1. The Morgan fingerprint density at radius 3 is 2.42 bits per heavy atom. The molecule has 4 aliphatic rings. The van der Waals surface area contributed by atoms with E-state index in [1.54, 1.807) is 12.1 Å². The molecule has 0 spiro atoms. The number of nitrogens with two attached hydrogens (primary N) is 1. The largest absolute Gasteiger partial charge is 0.481 e. The second-order valence-electron chi connectivity index (χ2n) is 11.1. The number of hydrogen-bond acceptors (Lipinski definition) is 7. The first-order chi connectivity index (χ1) is 18.2. The third kappa shape index (κ3) is 5.50. The fourth-order valence-electron chi connectivity index (χ4n) is 6.24. The molecule has 10 nitrogen and oxygen atoms in total. The molecule has 1 aliphatic carbocycles. The first-order valence-electron chi connectivity index (χ1n) is 13.7. The molecule has 2 amide bonds. The van der Waals surface area contributed by atoms with Crippen LogP contribution < -0.4 is 10.6 Å². The van der Waals surface area contributed by atoms with Crippen molar-refractivity contribution in [3.63, 3.8) is 0 Å². The molecule has 11 heteroatoms. The lowest BCUT2D eigenvalue weighted by Gasteiger charge is -2.47. The van der Waals surface area contributed by atoms with Crippen molar-refractivity contribution in [2.45, 2.75) is 69.4 Å². The van der Waals surface area contributed by atoms with Gasteiger partial charge in [0.25, 0.3) is 5.91 Å². The Morgan fingerprint density at radius 1 is 1.11 bits per heavy atom. The van der Waals surface area contributed by atoms with Gasteiger partial charge in [-0.15, -0.1) is 0 Å². The molecule has 3 N–H and O–H groups in total. The number of carbonyl (C=O) groups excluding carboxylic acids is 2. The van der Waals surface area contributed by atoms with E-state index < -0.39 is 29.6 Å². The van der Waals surface area contributed by atoms with Gasteiger partial charge >= 0.3 is 5.97 Å². The number of halogens is 1. The maximum atomic E-state index is 15.7. The van der Waals surface area contributed by atoms with Gasteiger partial charge in [-0.1, -0.05) is 0 Å². The van der Waals surface area contributed by atoms with E-state index in [0.717, 1.165) is 51.9 Å². The van der Waals surface area contributed by atoms with E-state index in [1.807, 2.05) is 4.90 Å². The van der Waals surface area contributed by atoms with Crippen LogP contribution in [0, 0.1) is 5.82 Å². The first-order valence-corrected chi connectivity index (χ1v) is 13.7. The maximum absolute atomic E-state index is 15.7. The molecular weight excluding hydrogens is 493 g/mol. The standard InChI is InChI=1S/C27H38FN5O5/c1-30-8-6-18(7-9-30)38-19-14-17(15-19)31-10-12-32(13-11-31)22-3-2-20-21(25(22)28)16-33(27(20)37)23(26(29)36)4-5-24(34)35/h2-3,17-19,23H,4-16H2,1H3,(H2,29,36)(H,34,35). The Balaban J connectivity index is 1.15. The second-order valence-corrected chi connectivity index (χ2v) is 11.1. The fraction of sp³-hybridized carbons (Fsp3) is 0.667. The summed E-state index contributed by atoms with van der Waals surface area (Å²) in [5.41, 5.74) is 6.36. The van der Waals surface area contributed by atoms with E-state index in [9.17, 15) is 14.4 Å². The summed E-state index contributed by atoms with van der Waals surface area (Å²) < 4.78 is 22.0. The van der Waals surface area contributed by atoms with Crippen LogP contribution in [0.3, 0.4) is 0 Å². The van der Waals surface area contributed by atoms with Gasteiger partial charge in [0, 0.05) is 62.9 Å². The lowest BCUT2D eigenvalue weighted by atomic mass is 9.87. The van der Waals surface area contributed by atoms with E-state index >= 15 is 4.39 Å². The Labute approximate surface area is 222 Å². The highest BCUT2D eigenvalue weighted by molar-refractivity contribution is 6.01. The average molecular weight is 532 g/mol. The number of carbonyl (C=O) groups is 3. The van der Waals surface area contributed by atoms with E-state index in [1.165, 1.54) is 4.90 Å². The van der Waals surface area contributed by atoms with E-state index in [2.05, 4.69) is 16.8 Å². The molecule has 1 aromatic carbocycles. The third-order valence-corrected chi connectivity index (χ3v) is 8.67. The molecule has 3 heterocycles. The first kappa shape index (κ1) is 26.8. The summed E-state index contributed by atoms with van der Waals surface area (Å²) >= 11 is 0. The summed E-state index contributed by atoms with van der Waals surface area (Å²) in [6, 6.07) is 2.67. The third-order valence-electron chi connectivity index (χ3n) is 8.67. The van der Waals surface area contributed by atoms with Crippen LogP contribution in [-0.2, 0) is 20.9 Å². The molecular formula is C27H38FN5O5. The van der Waals surface area contributed by atoms with Crippen LogP contribution in [0.4, 0.5) is 10.1 Å². The highest BCUT2D eigenvalue weighted by Crippen LogP contribution is 2.35. The van der Waals surface area contributed by atoms with Gasteiger partial charge in [0.05, 0.1) is 24.4 Å². The van der Waals surface area contributed by atoms with Gasteiger partial charge in [-0.05, 0) is 51.3 Å². The number of rotatable bonds is 9. The number of piperazine rings is 1. The van der Waals surface area contributed by atoms with Gasteiger partial charge in [0.2, 0.25) is 5.91 Å². The molecule has 208 valence electrons. The van der Waals surface area contributed by atoms with Crippen molar-refractivity contribution >= 4 is 23.5 Å². The van der Waals surface area contributed by atoms with Crippen LogP contribution in [0.1, 0.15) is 54.4 Å². The summed E-state index contributed by atoms with van der Waals surface area (Å²) in [5.74, 6) is -2.83. The van der Waals surface area contributed by atoms with Crippen LogP contribution in [0.5, 0.6) is 0 Å². The molecule has 0 bridgehead atoms. The number of anilines is 1. The summed E-state index contributed by atoms with van der Waals surface area (Å²) in [5, 5.41) is 8.98. The van der Waals surface area contributed by atoms with Gasteiger partial charge < -0.3 is 30.3 Å². The summed E-state index contributed by atoms with van der Waals surface area (Å²) in [7, 11) is 2.16. The van der Waals surface area contributed by atoms with Gasteiger partial charge in [0.15, 0.2) is 5.82 Å². The van der Waals surface area contributed by atoms with E-state index in [0.29, 0.717) is 37.0 Å². The molecule has 1 saturated carbocycles. The average Bonchev–Trinajstić information content (AvgIpc) is 3.19. The summed E-state index contributed by atoms with van der Waals surface area (Å²) in [4.78, 5) is 43.9. The topological polar surface area (TPSA) is 120 Å². The number of carboxylic acids is 1. The molecule has 1 atom stereocenters. The summed E-state index contributed by atoms with van der Waals surface area (Å²) in [6.45, 7) is 5.16. The van der Waals surface area contributed by atoms with Crippen molar-refractivity contribution in [3.8, 4) is 0 Å². The predicted molar refractivity (Wildman–Crippen MR) is 138 cm³/mol. The number of nitrogens with zero attached hydrogens (tertiary/aromatic N) is 4. The Kier molecular flexibility index (Phi) is 7.88. The molecule has 0 radical (unpaired) electrons. The van der Waals surface area contributed by atoms with Crippen molar-refractivity contribution in [1.82, 2.24) is 14.7 Å². The van der Waals surface area contributed by atoms with Crippen LogP contribution in [0.25, 0.3) is 0 Å². The fourth-order valence-corrected chi connectivity index (χ4v) is 6.24. The number of piperidine rings is 1. The minimum absolute atomic E-state index is 0.0955. The van der Waals surface area contributed by atoms with E-state index in [-0.39, 0.29) is 30.5 Å². The van der Waals surface area contributed by atoms with Crippen LogP contribution in [0.15, 0.2) is 12.1 Å².